The predicted octanol–water partition coefficient (Wildman–Crippen LogP) is 2.89. The number of nitrogens with one attached hydrogen (secondary N) is 1. The lowest BCUT2D eigenvalue weighted by atomic mass is 10.2. The van der Waals surface area contributed by atoms with Crippen LogP contribution in [0.15, 0.2) is 47.4 Å². The zero-order valence-corrected chi connectivity index (χ0v) is 18.9. The number of hydrogen-bond acceptors (Lipinski definition) is 5. The van der Waals surface area contributed by atoms with Crippen molar-refractivity contribution < 1.29 is 22.3 Å². The summed E-state index contributed by atoms with van der Waals surface area (Å²) in [6.45, 7) is 5.76. The molecule has 0 bridgehead atoms. The average Bonchev–Trinajstić information content (AvgIpc) is 2.75. The number of halogens is 2. The van der Waals surface area contributed by atoms with E-state index in [4.69, 9.17) is 16.3 Å². The topological polar surface area (TPSA) is 78.9 Å². The van der Waals surface area contributed by atoms with Gasteiger partial charge in [-0.3, -0.25) is 4.79 Å². The first-order valence-corrected chi connectivity index (χ1v) is 11.8. The van der Waals surface area contributed by atoms with Crippen LogP contribution in [0.5, 0.6) is 5.75 Å². The lowest BCUT2D eigenvalue weighted by Crippen LogP contribution is -2.54. The molecule has 1 aliphatic heterocycles. The first-order chi connectivity index (χ1) is 14.7. The Bertz CT molecular complexity index is 1030. The van der Waals surface area contributed by atoms with Crippen LogP contribution in [0, 0.1) is 5.82 Å². The molecule has 1 atom stereocenters. The van der Waals surface area contributed by atoms with Crippen LogP contribution in [0.2, 0.25) is 5.02 Å². The lowest BCUT2D eigenvalue weighted by molar-refractivity contribution is -0.132. The van der Waals surface area contributed by atoms with E-state index in [2.05, 4.69) is 9.62 Å². The van der Waals surface area contributed by atoms with Crippen molar-refractivity contribution in [2.24, 2.45) is 0 Å². The SMILES string of the molecule is CCOc1ccc(S(=O)(=O)N[C@@H](C)C(=O)N2CCN(c3ccc(F)cc3)CC2)cc1Cl. The quantitative estimate of drug-likeness (QED) is 0.674. The lowest BCUT2D eigenvalue weighted by Gasteiger charge is -2.37. The van der Waals surface area contributed by atoms with Gasteiger partial charge in [0, 0.05) is 31.9 Å². The summed E-state index contributed by atoms with van der Waals surface area (Å²) in [6.07, 6.45) is 0. The minimum Gasteiger partial charge on any atom is -0.492 e. The van der Waals surface area contributed by atoms with Gasteiger partial charge in [0.1, 0.15) is 11.6 Å². The Morgan fingerprint density at radius 2 is 1.81 bits per heavy atom. The fourth-order valence-corrected chi connectivity index (χ4v) is 4.91. The molecule has 1 saturated heterocycles. The third-order valence-electron chi connectivity index (χ3n) is 5.00. The molecular formula is C21H25ClFN3O4S. The third-order valence-corrected chi connectivity index (χ3v) is 6.83. The second-order valence-electron chi connectivity index (χ2n) is 7.16. The molecule has 10 heteroatoms. The zero-order valence-electron chi connectivity index (χ0n) is 17.3. The molecule has 2 aromatic carbocycles. The van der Waals surface area contributed by atoms with Crippen molar-refractivity contribution in [3.63, 3.8) is 0 Å². The van der Waals surface area contributed by atoms with E-state index < -0.39 is 16.1 Å². The second-order valence-corrected chi connectivity index (χ2v) is 9.28. The van der Waals surface area contributed by atoms with Gasteiger partial charge < -0.3 is 14.5 Å². The summed E-state index contributed by atoms with van der Waals surface area (Å²) in [4.78, 5) is 16.4. The Hall–Kier alpha value is -2.36. The van der Waals surface area contributed by atoms with Gasteiger partial charge in [-0.1, -0.05) is 11.6 Å². The highest BCUT2D eigenvalue weighted by molar-refractivity contribution is 7.89. The molecule has 1 fully saturated rings. The smallest absolute Gasteiger partial charge is 0.241 e. The maximum atomic E-state index is 13.1. The summed E-state index contributed by atoms with van der Waals surface area (Å²) in [5.74, 6) is -0.210. The maximum absolute atomic E-state index is 13.1. The van der Waals surface area contributed by atoms with Crippen LogP contribution in [-0.2, 0) is 14.8 Å². The van der Waals surface area contributed by atoms with Crippen LogP contribution in [0.25, 0.3) is 0 Å². The number of piperazine rings is 1. The standard InChI is InChI=1S/C21H25ClFN3O4S/c1-3-30-20-9-8-18(14-19(20)22)31(28,29)24-15(2)21(27)26-12-10-25(11-13-26)17-6-4-16(23)5-7-17/h4-9,14-15,24H,3,10-13H2,1-2H3/t15-/m0/s1. The molecule has 3 rings (SSSR count). The molecule has 0 unspecified atom stereocenters. The Morgan fingerprint density at radius 3 is 2.39 bits per heavy atom. The summed E-state index contributed by atoms with van der Waals surface area (Å²) in [6, 6.07) is 9.44. The van der Waals surface area contributed by atoms with Crippen molar-refractivity contribution >= 4 is 33.2 Å². The Kier molecular flexibility index (Phi) is 7.40. The van der Waals surface area contributed by atoms with Crippen molar-refractivity contribution in [2.45, 2.75) is 24.8 Å². The fraction of sp³-hybridized carbons (Fsp3) is 0.381. The number of benzene rings is 2. The molecule has 1 N–H and O–H groups in total. The summed E-state index contributed by atoms with van der Waals surface area (Å²) in [5, 5.41) is 0.181. The summed E-state index contributed by atoms with van der Waals surface area (Å²) in [5.41, 5.74) is 0.884. The number of rotatable bonds is 7. The van der Waals surface area contributed by atoms with Crippen LogP contribution < -0.4 is 14.4 Å². The van der Waals surface area contributed by atoms with Crippen molar-refractivity contribution in [1.29, 1.82) is 0 Å². The van der Waals surface area contributed by atoms with E-state index in [1.165, 1.54) is 37.3 Å². The normalized spacial score (nSPS) is 15.6. The van der Waals surface area contributed by atoms with E-state index in [0.717, 1.165) is 5.69 Å². The zero-order chi connectivity index (χ0) is 22.6. The molecule has 7 nitrogen and oxygen atoms in total. The van der Waals surface area contributed by atoms with Gasteiger partial charge in [0.2, 0.25) is 15.9 Å². The number of carbonyl (C=O) groups is 1. The van der Waals surface area contributed by atoms with Gasteiger partial charge in [0.15, 0.2) is 0 Å². The molecule has 1 amide bonds. The minimum atomic E-state index is -3.94. The van der Waals surface area contributed by atoms with Gasteiger partial charge >= 0.3 is 0 Å². The van der Waals surface area contributed by atoms with Gasteiger partial charge in [-0.05, 0) is 56.3 Å². The number of nitrogens with zero attached hydrogens (tertiary/aromatic N) is 2. The molecule has 0 aliphatic carbocycles. The summed E-state index contributed by atoms with van der Waals surface area (Å²) in [7, 11) is -3.94. The first kappa shape index (κ1) is 23.3. The van der Waals surface area contributed by atoms with E-state index in [0.29, 0.717) is 38.5 Å². The fourth-order valence-electron chi connectivity index (χ4n) is 3.38. The van der Waals surface area contributed by atoms with Crippen molar-refractivity contribution in [3.05, 3.63) is 53.3 Å². The molecule has 168 valence electrons. The van der Waals surface area contributed by atoms with Crippen molar-refractivity contribution in [1.82, 2.24) is 9.62 Å². The van der Waals surface area contributed by atoms with E-state index in [1.807, 2.05) is 0 Å². The maximum Gasteiger partial charge on any atom is 0.241 e. The second kappa shape index (κ2) is 9.84. The highest BCUT2D eigenvalue weighted by atomic mass is 35.5. The van der Waals surface area contributed by atoms with E-state index in [9.17, 15) is 17.6 Å². The number of hydrogen-bond donors (Lipinski definition) is 1. The predicted molar refractivity (Wildman–Crippen MR) is 118 cm³/mol. The number of carbonyl (C=O) groups excluding carboxylic acids is 1. The molecular weight excluding hydrogens is 445 g/mol. The Labute approximate surface area is 186 Å². The molecule has 31 heavy (non-hydrogen) atoms. The van der Waals surface area contributed by atoms with Gasteiger partial charge in [-0.15, -0.1) is 0 Å². The molecule has 0 spiro atoms. The molecule has 0 saturated carbocycles. The highest BCUT2D eigenvalue weighted by Gasteiger charge is 2.28. The minimum absolute atomic E-state index is 0.0401. The van der Waals surface area contributed by atoms with Crippen molar-refractivity contribution in [2.75, 3.05) is 37.7 Å². The largest absolute Gasteiger partial charge is 0.492 e. The van der Waals surface area contributed by atoms with Crippen LogP contribution in [-0.4, -0.2) is 58.1 Å². The van der Waals surface area contributed by atoms with Crippen molar-refractivity contribution in [3.8, 4) is 5.75 Å². The van der Waals surface area contributed by atoms with E-state index >= 15 is 0 Å². The van der Waals surface area contributed by atoms with Gasteiger partial charge in [0.05, 0.1) is 22.6 Å². The number of amides is 1. The average molecular weight is 470 g/mol. The number of anilines is 1. The van der Waals surface area contributed by atoms with Gasteiger partial charge in [-0.25, -0.2) is 12.8 Å². The molecule has 0 aromatic heterocycles. The van der Waals surface area contributed by atoms with Crippen LogP contribution in [0.4, 0.5) is 10.1 Å². The Morgan fingerprint density at radius 1 is 1.16 bits per heavy atom. The number of ether oxygens (including phenoxy) is 1. The molecule has 0 radical (unpaired) electrons. The molecule has 1 aliphatic rings. The number of sulfonamides is 1. The molecule has 1 heterocycles. The highest BCUT2D eigenvalue weighted by Crippen LogP contribution is 2.27. The summed E-state index contributed by atoms with van der Waals surface area (Å²) >= 11 is 6.09. The first-order valence-electron chi connectivity index (χ1n) is 9.95. The Balaban J connectivity index is 1.60. The summed E-state index contributed by atoms with van der Waals surface area (Å²) < 4.78 is 46.2. The molecule has 2 aromatic rings. The van der Waals surface area contributed by atoms with E-state index in [-0.39, 0.29) is 21.6 Å². The van der Waals surface area contributed by atoms with Gasteiger partial charge in [-0.2, -0.15) is 4.72 Å². The van der Waals surface area contributed by atoms with E-state index in [1.54, 1.807) is 24.0 Å². The van der Waals surface area contributed by atoms with Crippen LogP contribution in [0.1, 0.15) is 13.8 Å². The monoisotopic (exact) mass is 469 g/mol. The van der Waals surface area contributed by atoms with Crippen LogP contribution in [0.3, 0.4) is 0 Å². The van der Waals surface area contributed by atoms with Crippen LogP contribution >= 0.6 is 11.6 Å². The van der Waals surface area contributed by atoms with Gasteiger partial charge in [0.25, 0.3) is 0 Å². The third kappa shape index (κ3) is 5.66.